The highest BCUT2D eigenvalue weighted by Crippen LogP contribution is 2.48. The zero-order chi connectivity index (χ0) is 25.4. The van der Waals surface area contributed by atoms with E-state index in [1.54, 1.807) is 14.2 Å². The summed E-state index contributed by atoms with van der Waals surface area (Å²) in [6.45, 7) is 0.611. The van der Waals surface area contributed by atoms with E-state index in [1.165, 1.54) is 5.57 Å². The third-order valence-electron chi connectivity index (χ3n) is 7.12. The Labute approximate surface area is 216 Å². The third kappa shape index (κ3) is 3.95. The molecule has 3 aromatic carbocycles. The molecule has 6 nitrogen and oxygen atoms in total. The minimum atomic E-state index is -0.452. The first-order valence-corrected chi connectivity index (χ1v) is 12.4. The largest absolute Gasteiger partial charge is 0.497 e. The summed E-state index contributed by atoms with van der Waals surface area (Å²) >= 11 is 0. The van der Waals surface area contributed by atoms with E-state index >= 15 is 0 Å². The van der Waals surface area contributed by atoms with Crippen molar-refractivity contribution in [3.8, 4) is 17.2 Å². The molecule has 6 heteroatoms. The van der Waals surface area contributed by atoms with Gasteiger partial charge in [0.1, 0.15) is 11.8 Å². The van der Waals surface area contributed by atoms with Crippen LogP contribution in [0.2, 0.25) is 0 Å². The van der Waals surface area contributed by atoms with Gasteiger partial charge in [-0.05, 0) is 54.3 Å². The van der Waals surface area contributed by atoms with Gasteiger partial charge >= 0.3 is 0 Å². The molecule has 1 aliphatic carbocycles. The van der Waals surface area contributed by atoms with Crippen molar-refractivity contribution in [1.29, 1.82) is 0 Å². The van der Waals surface area contributed by atoms with Crippen LogP contribution >= 0.6 is 0 Å². The van der Waals surface area contributed by atoms with E-state index in [0.29, 0.717) is 29.5 Å². The number of benzene rings is 3. The van der Waals surface area contributed by atoms with Crippen molar-refractivity contribution in [2.45, 2.75) is 18.9 Å². The molecular formula is C31H28N2O4. The standard InChI is InChI=1S/C31H28N2O4/c1-35-24-17-15-22(16-18-24)28-26-13-8-14-27(36-2)29(26)37-31-25-12-7-6-9-21(25)19-20-32(31)33(28)30(34)23-10-4-3-5-11-23/h3-11,13-18,28H,12,19-20H2,1-2H3. The number of carbonyl (C=O) groups is 1. The molecular weight excluding hydrogens is 464 g/mol. The number of carbonyl (C=O) groups excluding carboxylic acids is 1. The minimum Gasteiger partial charge on any atom is -0.497 e. The van der Waals surface area contributed by atoms with Crippen LogP contribution in [0.15, 0.2) is 108 Å². The van der Waals surface area contributed by atoms with Gasteiger partial charge in [-0.1, -0.05) is 60.7 Å². The second-order valence-corrected chi connectivity index (χ2v) is 9.15. The summed E-state index contributed by atoms with van der Waals surface area (Å²) in [6.07, 6.45) is 7.91. The maximum absolute atomic E-state index is 14.4. The van der Waals surface area contributed by atoms with Gasteiger partial charge in [0, 0.05) is 23.2 Å². The van der Waals surface area contributed by atoms with Crippen molar-refractivity contribution < 1.29 is 19.0 Å². The Hall–Kier alpha value is -4.45. The first kappa shape index (κ1) is 23.0. The zero-order valence-electron chi connectivity index (χ0n) is 20.9. The van der Waals surface area contributed by atoms with Crippen LogP contribution in [-0.2, 0) is 0 Å². The molecule has 2 heterocycles. The van der Waals surface area contributed by atoms with Crippen molar-refractivity contribution in [2.24, 2.45) is 0 Å². The predicted molar refractivity (Wildman–Crippen MR) is 141 cm³/mol. The van der Waals surface area contributed by atoms with Gasteiger partial charge in [-0.2, -0.15) is 0 Å². The van der Waals surface area contributed by atoms with E-state index in [2.05, 4.69) is 18.2 Å². The SMILES string of the molecule is COc1ccc(C2c3cccc(OC)c3OC3=C4CC=CC=C4CCN3N2C(=O)c2ccccc2)cc1. The summed E-state index contributed by atoms with van der Waals surface area (Å²) in [5.74, 6) is 2.58. The van der Waals surface area contributed by atoms with Crippen molar-refractivity contribution in [1.82, 2.24) is 10.0 Å². The van der Waals surface area contributed by atoms with Crippen molar-refractivity contribution in [3.05, 3.63) is 125 Å². The minimum absolute atomic E-state index is 0.0995. The number of hydrogen-bond donors (Lipinski definition) is 0. The summed E-state index contributed by atoms with van der Waals surface area (Å²) < 4.78 is 17.9. The van der Waals surface area contributed by atoms with Gasteiger partial charge in [0.2, 0.25) is 5.88 Å². The molecule has 0 aromatic heterocycles. The van der Waals surface area contributed by atoms with E-state index in [4.69, 9.17) is 14.2 Å². The fourth-order valence-corrected chi connectivity index (χ4v) is 5.30. The van der Waals surface area contributed by atoms with Crippen LogP contribution in [0.5, 0.6) is 17.2 Å². The maximum Gasteiger partial charge on any atom is 0.273 e. The molecule has 0 saturated carbocycles. The Balaban J connectivity index is 1.63. The lowest BCUT2D eigenvalue weighted by molar-refractivity contribution is -0.0254. The number of hydrazine groups is 1. The van der Waals surface area contributed by atoms with Gasteiger partial charge in [0.05, 0.1) is 14.2 Å². The van der Waals surface area contributed by atoms with Crippen LogP contribution < -0.4 is 14.2 Å². The van der Waals surface area contributed by atoms with Gasteiger partial charge in [0.15, 0.2) is 11.5 Å². The van der Waals surface area contributed by atoms with Crippen LogP contribution in [0.1, 0.15) is 40.4 Å². The predicted octanol–water partition coefficient (Wildman–Crippen LogP) is 6.05. The molecule has 3 aromatic rings. The highest BCUT2D eigenvalue weighted by molar-refractivity contribution is 5.94. The Morgan fingerprint density at radius 2 is 1.76 bits per heavy atom. The number of rotatable bonds is 4. The lowest BCUT2D eigenvalue weighted by atomic mass is 9.93. The van der Waals surface area contributed by atoms with Gasteiger partial charge in [0.25, 0.3) is 5.91 Å². The van der Waals surface area contributed by atoms with Crippen molar-refractivity contribution in [3.63, 3.8) is 0 Å². The first-order valence-electron chi connectivity index (χ1n) is 12.4. The summed E-state index contributed by atoms with van der Waals surface area (Å²) in [6, 6.07) is 22.7. The zero-order valence-corrected chi connectivity index (χ0v) is 20.9. The number of fused-ring (bicyclic) bond motifs is 3. The van der Waals surface area contributed by atoms with Crippen LogP contribution in [0.4, 0.5) is 0 Å². The Bertz CT molecular complexity index is 1420. The van der Waals surface area contributed by atoms with E-state index in [9.17, 15) is 4.79 Å². The third-order valence-corrected chi connectivity index (χ3v) is 7.12. The first-order chi connectivity index (χ1) is 18.2. The van der Waals surface area contributed by atoms with Crippen molar-refractivity contribution in [2.75, 3.05) is 20.8 Å². The average molecular weight is 493 g/mol. The van der Waals surface area contributed by atoms with E-state index in [0.717, 1.165) is 35.3 Å². The number of ether oxygens (including phenoxy) is 3. The van der Waals surface area contributed by atoms with Gasteiger partial charge in [-0.3, -0.25) is 4.79 Å². The Morgan fingerprint density at radius 1 is 0.946 bits per heavy atom. The molecule has 2 aliphatic heterocycles. The number of methoxy groups -OCH3 is 2. The smallest absolute Gasteiger partial charge is 0.273 e. The molecule has 37 heavy (non-hydrogen) atoms. The molecule has 0 saturated heterocycles. The second-order valence-electron chi connectivity index (χ2n) is 9.15. The van der Waals surface area contributed by atoms with Crippen LogP contribution in [-0.4, -0.2) is 36.7 Å². The fraction of sp³-hybridized carbons (Fsp3) is 0.194. The molecule has 3 aliphatic rings. The number of nitrogens with zero attached hydrogens (tertiary/aromatic N) is 2. The number of amides is 1. The lowest BCUT2D eigenvalue weighted by Crippen LogP contribution is -2.50. The van der Waals surface area contributed by atoms with Crippen molar-refractivity contribution >= 4 is 5.91 Å². The molecule has 1 unspecified atom stereocenters. The molecule has 0 spiro atoms. The summed E-state index contributed by atoms with van der Waals surface area (Å²) in [4.78, 5) is 14.4. The number of para-hydroxylation sites is 1. The molecule has 0 bridgehead atoms. The summed E-state index contributed by atoms with van der Waals surface area (Å²) in [5, 5.41) is 3.88. The molecule has 1 amide bonds. The van der Waals surface area contributed by atoms with E-state index < -0.39 is 6.04 Å². The quantitative estimate of drug-likeness (QED) is 0.444. The molecule has 0 radical (unpaired) electrons. The van der Waals surface area contributed by atoms with E-state index in [-0.39, 0.29) is 5.91 Å². The normalized spacial score (nSPS) is 18.1. The molecule has 0 fully saturated rings. The highest BCUT2D eigenvalue weighted by atomic mass is 16.5. The summed E-state index contributed by atoms with van der Waals surface area (Å²) in [7, 11) is 3.29. The topological polar surface area (TPSA) is 51.2 Å². The number of allylic oxidation sites excluding steroid dienone is 4. The van der Waals surface area contributed by atoms with Gasteiger partial charge in [-0.15, -0.1) is 0 Å². The Morgan fingerprint density at radius 3 is 2.51 bits per heavy atom. The maximum atomic E-state index is 14.4. The fourth-order valence-electron chi connectivity index (χ4n) is 5.30. The number of hydrogen-bond acceptors (Lipinski definition) is 5. The van der Waals surface area contributed by atoms with E-state index in [1.807, 2.05) is 82.8 Å². The molecule has 0 N–H and O–H groups in total. The Kier molecular flexibility index (Phi) is 5.93. The lowest BCUT2D eigenvalue weighted by Gasteiger charge is -2.43. The van der Waals surface area contributed by atoms with Crippen LogP contribution in [0, 0.1) is 0 Å². The average Bonchev–Trinajstić information content (AvgIpc) is 3.12. The highest BCUT2D eigenvalue weighted by Gasteiger charge is 2.42. The molecule has 6 rings (SSSR count). The monoisotopic (exact) mass is 492 g/mol. The second kappa shape index (κ2) is 9.54. The molecule has 186 valence electrons. The van der Waals surface area contributed by atoms with Crippen LogP contribution in [0.25, 0.3) is 0 Å². The van der Waals surface area contributed by atoms with Gasteiger partial charge in [-0.25, -0.2) is 10.0 Å². The van der Waals surface area contributed by atoms with Crippen LogP contribution in [0.3, 0.4) is 0 Å². The summed E-state index contributed by atoms with van der Waals surface area (Å²) in [5.41, 5.74) is 4.74. The van der Waals surface area contributed by atoms with Gasteiger partial charge < -0.3 is 14.2 Å². The molecule has 1 atom stereocenters.